The van der Waals surface area contributed by atoms with Crippen LogP contribution in [0.3, 0.4) is 0 Å². The molecular formula is C22H23N3O4. The van der Waals surface area contributed by atoms with Gasteiger partial charge in [0.15, 0.2) is 0 Å². The van der Waals surface area contributed by atoms with Crippen LogP contribution in [0.2, 0.25) is 0 Å². The Morgan fingerprint density at radius 2 is 1.41 bits per heavy atom. The lowest BCUT2D eigenvalue weighted by Crippen LogP contribution is -2.12. The molecule has 0 spiro atoms. The molecule has 0 atom stereocenters. The number of esters is 1. The maximum absolute atomic E-state index is 11.6. The predicted molar refractivity (Wildman–Crippen MR) is 112 cm³/mol. The molecule has 0 unspecified atom stereocenters. The molecule has 0 fully saturated rings. The van der Waals surface area contributed by atoms with E-state index in [-0.39, 0.29) is 19.1 Å². The number of carbonyl (C=O) groups is 2. The second kappa shape index (κ2) is 10.6. The van der Waals surface area contributed by atoms with Crippen molar-refractivity contribution in [2.45, 2.75) is 13.8 Å². The quantitative estimate of drug-likeness (QED) is 0.277. The van der Waals surface area contributed by atoms with E-state index in [0.29, 0.717) is 34.0 Å². The first-order valence-electron chi connectivity index (χ1n) is 8.89. The van der Waals surface area contributed by atoms with Gasteiger partial charge in [-0.25, -0.2) is 4.79 Å². The molecule has 0 heterocycles. The second-order valence-electron chi connectivity index (χ2n) is 6.24. The van der Waals surface area contributed by atoms with E-state index in [0.717, 1.165) is 0 Å². The summed E-state index contributed by atoms with van der Waals surface area (Å²) < 4.78 is 10.4. The van der Waals surface area contributed by atoms with Gasteiger partial charge in [0.25, 0.3) is 5.91 Å². The molecule has 0 bridgehead atoms. The number of nitrogens with zero attached hydrogens (tertiary/aromatic N) is 2. The van der Waals surface area contributed by atoms with Gasteiger partial charge in [-0.05, 0) is 62.4 Å². The van der Waals surface area contributed by atoms with E-state index in [9.17, 15) is 9.59 Å². The topological polar surface area (TPSA) is 89.3 Å². The Hall–Kier alpha value is -3.74. The van der Waals surface area contributed by atoms with Crippen LogP contribution in [0, 0.1) is 0 Å². The van der Waals surface area contributed by atoms with Crippen molar-refractivity contribution in [2.24, 2.45) is 10.2 Å². The Morgan fingerprint density at radius 3 is 1.93 bits per heavy atom. The molecule has 0 aliphatic heterocycles. The lowest BCUT2D eigenvalue weighted by Gasteiger charge is -2.07. The Morgan fingerprint density at radius 1 is 0.862 bits per heavy atom. The molecule has 2 aromatic carbocycles. The zero-order chi connectivity index (χ0) is 21.2. The van der Waals surface area contributed by atoms with Crippen LogP contribution in [-0.2, 0) is 14.3 Å². The van der Waals surface area contributed by atoms with E-state index in [1.165, 1.54) is 0 Å². The monoisotopic (exact) mass is 393 g/mol. The van der Waals surface area contributed by atoms with E-state index in [1.54, 1.807) is 62.4 Å². The van der Waals surface area contributed by atoms with Gasteiger partial charge in [0.05, 0.1) is 11.4 Å². The number of amides is 1. The van der Waals surface area contributed by atoms with Crippen LogP contribution in [0.15, 0.2) is 83.1 Å². The minimum atomic E-state index is -0.435. The highest BCUT2D eigenvalue weighted by Crippen LogP contribution is 2.22. The van der Waals surface area contributed by atoms with Crippen LogP contribution >= 0.6 is 0 Å². The van der Waals surface area contributed by atoms with Crippen LogP contribution in [0.4, 0.5) is 17.1 Å². The highest BCUT2D eigenvalue weighted by molar-refractivity contribution is 6.02. The second-order valence-corrected chi connectivity index (χ2v) is 6.24. The van der Waals surface area contributed by atoms with Crippen molar-refractivity contribution < 1.29 is 19.1 Å². The normalized spacial score (nSPS) is 10.4. The number of carbonyl (C=O) groups excluding carboxylic acids is 2. The first-order valence-corrected chi connectivity index (χ1v) is 8.89. The number of azo groups is 1. The van der Waals surface area contributed by atoms with Gasteiger partial charge in [-0.2, -0.15) is 10.2 Å². The molecule has 2 rings (SSSR count). The Kier molecular flexibility index (Phi) is 7.85. The third-order valence-corrected chi connectivity index (χ3v) is 3.56. The Bertz CT molecular complexity index is 916. The van der Waals surface area contributed by atoms with Crippen LogP contribution in [0.1, 0.15) is 13.8 Å². The lowest BCUT2D eigenvalue weighted by molar-refractivity contribution is -0.139. The van der Waals surface area contributed by atoms with Gasteiger partial charge in [0, 0.05) is 16.8 Å². The van der Waals surface area contributed by atoms with Crippen LogP contribution in [0.5, 0.6) is 5.75 Å². The molecule has 7 heteroatoms. The molecule has 7 nitrogen and oxygen atoms in total. The number of anilines is 1. The third-order valence-electron chi connectivity index (χ3n) is 3.56. The largest absolute Gasteiger partial charge is 0.490 e. The third kappa shape index (κ3) is 7.42. The summed E-state index contributed by atoms with van der Waals surface area (Å²) >= 11 is 0. The van der Waals surface area contributed by atoms with E-state index in [1.807, 2.05) is 0 Å². The van der Waals surface area contributed by atoms with Crippen molar-refractivity contribution in [3.05, 3.63) is 72.8 Å². The average molecular weight is 393 g/mol. The predicted octanol–water partition coefficient (Wildman–Crippen LogP) is 5.11. The van der Waals surface area contributed by atoms with Crippen LogP contribution in [-0.4, -0.2) is 25.1 Å². The molecule has 29 heavy (non-hydrogen) atoms. The van der Waals surface area contributed by atoms with Gasteiger partial charge in [-0.3, -0.25) is 4.79 Å². The summed E-state index contributed by atoms with van der Waals surface area (Å²) in [4.78, 5) is 22.8. The molecule has 0 aliphatic rings. The summed E-state index contributed by atoms with van der Waals surface area (Å²) in [5.41, 5.74) is 2.76. The molecule has 0 radical (unpaired) electrons. The minimum absolute atomic E-state index is 0.149. The maximum atomic E-state index is 11.6. The molecule has 0 aromatic heterocycles. The number of hydrogen-bond acceptors (Lipinski definition) is 6. The SMILES string of the molecule is C=C(C)C(=O)Nc1ccc(N=Nc2ccc(OCCOC(=O)C(=C)C)cc2)cc1. The van der Waals surface area contributed by atoms with Gasteiger partial charge in [0.2, 0.25) is 0 Å². The summed E-state index contributed by atoms with van der Waals surface area (Å²) in [6.07, 6.45) is 0. The maximum Gasteiger partial charge on any atom is 0.333 e. The first kappa shape index (κ1) is 21.6. The number of rotatable bonds is 9. The Labute approximate surface area is 169 Å². The van der Waals surface area contributed by atoms with Gasteiger partial charge in [-0.15, -0.1) is 0 Å². The van der Waals surface area contributed by atoms with Gasteiger partial charge >= 0.3 is 5.97 Å². The summed E-state index contributed by atoms with van der Waals surface area (Å²) in [7, 11) is 0. The average Bonchev–Trinajstić information content (AvgIpc) is 2.71. The number of nitrogens with one attached hydrogen (secondary N) is 1. The zero-order valence-electron chi connectivity index (χ0n) is 16.5. The van der Waals surface area contributed by atoms with E-state index in [2.05, 4.69) is 28.7 Å². The fourth-order valence-electron chi connectivity index (χ4n) is 1.99. The van der Waals surface area contributed by atoms with Crippen molar-refractivity contribution in [1.82, 2.24) is 0 Å². The molecular weight excluding hydrogens is 370 g/mol. The van der Waals surface area contributed by atoms with E-state index >= 15 is 0 Å². The minimum Gasteiger partial charge on any atom is -0.490 e. The van der Waals surface area contributed by atoms with Crippen molar-refractivity contribution in [3.63, 3.8) is 0 Å². The zero-order valence-corrected chi connectivity index (χ0v) is 16.5. The molecule has 150 valence electrons. The van der Waals surface area contributed by atoms with Crippen molar-refractivity contribution in [2.75, 3.05) is 18.5 Å². The van der Waals surface area contributed by atoms with Crippen molar-refractivity contribution in [3.8, 4) is 5.75 Å². The summed E-state index contributed by atoms with van der Waals surface area (Å²) in [6.45, 7) is 10.7. The summed E-state index contributed by atoms with van der Waals surface area (Å²) in [5.74, 6) is -0.0285. The van der Waals surface area contributed by atoms with E-state index < -0.39 is 5.97 Å². The molecule has 1 amide bonds. The van der Waals surface area contributed by atoms with Crippen LogP contribution < -0.4 is 10.1 Å². The first-order chi connectivity index (χ1) is 13.8. The fraction of sp³-hybridized carbons (Fsp3) is 0.182. The van der Waals surface area contributed by atoms with Gasteiger partial charge < -0.3 is 14.8 Å². The Balaban J connectivity index is 1.83. The smallest absolute Gasteiger partial charge is 0.333 e. The molecule has 0 saturated carbocycles. The van der Waals surface area contributed by atoms with Gasteiger partial charge in [-0.1, -0.05) is 13.2 Å². The molecule has 0 aliphatic carbocycles. The fourth-order valence-corrected chi connectivity index (χ4v) is 1.99. The standard InChI is InChI=1S/C22H23N3O4/c1-15(2)21(26)23-17-5-7-18(8-6-17)24-25-19-9-11-20(12-10-19)28-13-14-29-22(27)16(3)4/h5-12H,1,3,13-14H2,2,4H3,(H,23,26). The van der Waals surface area contributed by atoms with Crippen molar-refractivity contribution >= 4 is 28.9 Å². The number of hydrogen-bond donors (Lipinski definition) is 1. The number of benzene rings is 2. The summed E-state index contributed by atoms with van der Waals surface area (Å²) in [5, 5.41) is 11.1. The highest BCUT2D eigenvalue weighted by atomic mass is 16.6. The lowest BCUT2D eigenvalue weighted by atomic mass is 10.2. The molecule has 2 aromatic rings. The molecule has 0 saturated heterocycles. The van der Waals surface area contributed by atoms with E-state index in [4.69, 9.17) is 9.47 Å². The number of ether oxygens (including phenoxy) is 2. The van der Waals surface area contributed by atoms with Gasteiger partial charge in [0.1, 0.15) is 19.0 Å². The van der Waals surface area contributed by atoms with Crippen molar-refractivity contribution in [1.29, 1.82) is 0 Å². The summed E-state index contributed by atoms with van der Waals surface area (Å²) in [6, 6.07) is 14.0. The van der Waals surface area contributed by atoms with Crippen LogP contribution in [0.25, 0.3) is 0 Å². The molecule has 1 N–H and O–H groups in total. The highest BCUT2D eigenvalue weighted by Gasteiger charge is 2.03.